The van der Waals surface area contributed by atoms with Crippen LogP contribution in [0.5, 0.6) is 11.5 Å². The summed E-state index contributed by atoms with van der Waals surface area (Å²) in [4.78, 5) is 17.1. The maximum atomic E-state index is 12.8. The highest BCUT2D eigenvalue weighted by atomic mass is 16.5. The lowest BCUT2D eigenvalue weighted by Crippen LogP contribution is -2.21. The first-order valence-electron chi connectivity index (χ1n) is 7.74. The number of rotatable bonds is 4. The molecule has 0 amide bonds. The number of hydrogen-bond donors (Lipinski definition) is 0. The molecule has 25 heavy (non-hydrogen) atoms. The van der Waals surface area contributed by atoms with Gasteiger partial charge in [-0.05, 0) is 23.8 Å². The van der Waals surface area contributed by atoms with Gasteiger partial charge in [-0.1, -0.05) is 6.07 Å². The second kappa shape index (κ2) is 5.94. The van der Waals surface area contributed by atoms with Crippen LogP contribution in [0.3, 0.4) is 0 Å². The van der Waals surface area contributed by atoms with Gasteiger partial charge >= 0.3 is 0 Å². The first kappa shape index (κ1) is 15.2. The van der Waals surface area contributed by atoms with Crippen molar-refractivity contribution in [1.82, 2.24) is 19.2 Å². The zero-order chi connectivity index (χ0) is 17.4. The molecule has 3 aromatic heterocycles. The molecule has 1 aromatic carbocycles. The zero-order valence-corrected chi connectivity index (χ0v) is 13.8. The van der Waals surface area contributed by atoms with E-state index in [1.807, 2.05) is 24.3 Å². The summed E-state index contributed by atoms with van der Waals surface area (Å²) < 4.78 is 13.9. The molecule has 0 atom stereocenters. The van der Waals surface area contributed by atoms with Crippen molar-refractivity contribution in [3.05, 3.63) is 64.8 Å². The Labute approximate surface area is 143 Å². The quantitative estimate of drug-likeness (QED) is 0.571. The van der Waals surface area contributed by atoms with Crippen molar-refractivity contribution in [3.8, 4) is 11.5 Å². The van der Waals surface area contributed by atoms with Crippen LogP contribution in [0.15, 0.2) is 53.7 Å². The molecule has 3 heterocycles. The molecule has 0 saturated heterocycles. The second-order valence-corrected chi connectivity index (χ2v) is 5.60. The monoisotopic (exact) mass is 336 g/mol. The van der Waals surface area contributed by atoms with E-state index in [1.165, 1.54) is 0 Å². The first-order valence-corrected chi connectivity index (χ1v) is 7.74. The fourth-order valence-electron chi connectivity index (χ4n) is 2.90. The molecule has 0 unspecified atom stereocenters. The van der Waals surface area contributed by atoms with E-state index in [9.17, 15) is 4.79 Å². The Morgan fingerprint density at radius 2 is 1.92 bits per heavy atom. The third-order valence-electron chi connectivity index (χ3n) is 4.16. The molecule has 0 bridgehead atoms. The Kier molecular flexibility index (Phi) is 3.61. The minimum absolute atomic E-state index is 0.114. The standard InChI is InChI=1S/C18H16N4O3/c1-24-15-4-3-12(9-16(15)25-2)11-21-8-6-14-13(18(21)23)10-19-17-5-7-20-22(14)17/h3-10H,11H2,1-2H3. The highest BCUT2D eigenvalue weighted by molar-refractivity contribution is 5.79. The molecule has 0 radical (unpaired) electrons. The van der Waals surface area contributed by atoms with Crippen LogP contribution in [0.2, 0.25) is 0 Å². The van der Waals surface area contributed by atoms with E-state index >= 15 is 0 Å². The number of fused-ring (bicyclic) bond motifs is 3. The molecular formula is C18H16N4O3. The average Bonchev–Trinajstić information content (AvgIpc) is 3.13. The number of pyridine rings is 1. The van der Waals surface area contributed by atoms with E-state index in [0.717, 1.165) is 11.1 Å². The van der Waals surface area contributed by atoms with Crippen LogP contribution < -0.4 is 15.0 Å². The molecule has 126 valence electrons. The van der Waals surface area contributed by atoms with Gasteiger partial charge < -0.3 is 14.0 Å². The second-order valence-electron chi connectivity index (χ2n) is 5.60. The molecule has 4 aromatic rings. The fourth-order valence-corrected chi connectivity index (χ4v) is 2.90. The van der Waals surface area contributed by atoms with Gasteiger partial charge in [0.15, 0.2) is 17.1 Å². The van der Waals surface area contributed by atoms with E-state index in [0.29, 0.717) is 29.1 Å². The van der Waals surface area contributed by atoms with Crippen LogP contribution in [0, 0.1) is 0 Å². The molecule has 7 nitrogen and oxygen atoms in total. The highest BCUT2D eigenvalue weighted by Gasteiger charge is 2.10. The number of methoxy groups -OCH3 is 2. The van der Waals surface area contributed by atoms with Gasteiger partial charge in [0.2, 0.25) is 0 Å². The Balaban J connectivity index is 1.78. The molecule has 0 saturated carbocycles. The van der Waals surface area contributed by atoms with Gasteiger partial charge in [0, 0.05) is 18.5 Å². The molecule has 0 aliphatic carbocycles. The minimum Gasteiger partial charge on any atom is -0.493 e. The van der Waals surface area contributed by atoms with E-state index in [2.05, 4.69) is 10.1 Å². The molecule has 4 rings (SSSR count). The normalized spacial score (nSPS) is 11.1. The maximum Gasteiger partial charge on any atom is 0.261 e. The van der Waals surface area contributed by atoms with Gasteiger partial charge in [0.25, 0.3) is 5.56 Å². The molecule has 0 N–H and O–H groups in total. The van der Waals surface area contributed by atoms with E-state index in [-0.39, 0.29) is 5.56 Å². The number of hydrogen-bond acceptors (Lipinski definition) is 5. The van der Waals surface area contributed by atoms with Crippen molar-refractivity contribution in [1.29, 1.82) is 0 Å². The van der Waals surface area contributed by atoms with Crippen molar-refractivity contribution in [2.75, 3.05) is 14.2 Å². The maximum absolute atomic E-state index is 12.8. The van der Waals surface area contributed by atoms with Crippen LogP contribution in [0.25, 0.3) is 16.6 Å². The lowest BCUT2D eigenvalue weighted by Gasteiger charge is -2.11. The number of ether oxygens (including phenoxy) is 2. The smallest absolute Gasteiger partial charge is 0.261 e. The van der Waals surface area contributed by atoms with Crippen LogP contribution in [-0.2, 0) is 6.54 Å². The summed E-state index contributed by atoms with van der Waals surface area (Å²) in [5, 5.41) is 4.75. The average molecular weight is 336 g/mol. The number of nitrogens with zero attached hydrogens (tertiary/aromatic N) is 4. The van der Waals surface area contributed by atoms with Gasteiger partial charge in [-0.25, -0.2) is 9.50 Å². The number of aromatic nitrogens is 4. The molecule has 0 aliphatic rings. The predicted octanol–water partition coefficient (Wildman–Crippen LogP) is 2.11. The van der Waals surface area contributed by atoms with Crippen molar-refractivity contribution in [2.45, 2.75) is 6.54 Å². The lowest BCUT2D eigenvalue weighted by molar-refractivity contribution is 0.354. The SMILES string of the molecule is COc1ccc(Cn2ccc3c(cnc4ccnn43)c2=O)cc1OC. The number of benzene rings is 1. The molecule has 0 fully saturated rings. The Morgan fingerprint density at radius 1 is 1.08 bits per heavy atom. The third-order valence-corrected chi connectivity index (χ3v) is 4.16. The van der Waals surface area contributed by atoms with Crippen molar-refractivity contribution in [2.24, 2.45) is 0 Å². The van der Waals surface area contributed by atoms with Crippen molar-refractivity contribution < 1.29 is 9.47 Å². The Hall–Kier alpha value is -3.35. The van der Waals surface area contributed by atoms with Crippen LogP contribution in [0.4, 0.5) is 0 Å². The molecular weight excluding hydrogens is 320 g/mol. The van der Waals surface area contributed by atoms with Crippen molar-refractivity contribution >= 4 is 16.6 Å². The first-order chi connectivity index (χ1) is 12.2. The van der Waals surface area contributed by atoms with E-state index < -0.39 is 0 Å². The summed E-state index contributed by atoms with van der Waals surface area (Å²) in [6.45, 7) is 0.423. The van der Waals surface area contributed by atoms with Gasteiger partial charge in [-0.2, -0.15) is 5.10 Å². The topological polar surface area (TPSA) is 70.6 Å². The summed E-state index contributed by atoms with van der Waals surface area (Å²) >= 11 is 0. The van der Waals surface area contributed by atoms with Gasteiger partial charge in [0.1, 0.15) is 0 Å². The summed E-state index contributed by atoms with van der Waals surface area (Å²) in [6, 6.07) is 9.28. The van der Waals surface area contributed by atoms with Gasteiger partial charge in [-0.15, -0.1) is 0 Å². The van der Waals surface area contributed by atoms with Crippen LogP contribution in [0.1, 0.15) is 5.56 Å². The predicted molar refractivity (Wildman–Crippen MR) is 93.4 cm³/mol. The molecule has 0 aliphatic heterocycles. The molecule has 0 spiro atoms. The lowest BCUT2D eigenvalue weighted by atomic mass is 10.2. The molecule has 7 heteroatoms. The van der Waals surface area contributed by atoms with Crippen molar-refractivity contribution in [3.63, 3.8) is 0 Å². The van der Waals surface area contributed by atoms with Gasteiger partial charge in [0.05, 0.1) is 37.9 Å². The summed E-state index contributed by atoms with van der Waals surface area (Å²) in [7, 11) is 3.18. The van der Waals surface area contributed by atoms with E-state index in [1.54, 1.807) is 48.0 Å². The Bertz CT molecular complexity index is 1130. The van der Waals surface area contributed by atoms with Gasteiger partial charge in [-0.3, -0.25) is 4.79 Å². The summed E-state index contributed by atoms with van der Waals surface area (Å²) in [5.74, 6) is 1.29. The summed E-state index contributed by atoms with van der Waals surface area (Å²) in [5.41, 5.74) is 2.28. The highest BCUT2D eigenvalue weighted by Crippen LogP contribution is 2.27. The van der Waals surface area contributed by atoms with Crippen LogP contribution >= 0.6 is 0 Å². The fraction of sp³-hybridized carbons (Fsp3) is 0.167. The minimum atomic E-state index is -0.114. The third kappa shape index (κ3) is 2.50. The Morgan fingerprint density at radius 3 is 2.72 bits per heavy atom. The largest absolute Gasteiger partial charge is 0.493 e. The van der Waals surface area contributed by atoms with Crippen LogP contribution in [-0.4, -0.2) is 33.4 Å². The summed E-state index contributed by atoms with van der Waals surface area (Å²) in [6.07, 6.45) is 5.03. The zero-order valence-electron chi connectivity index (χ0n) is 13.8. The van der Waals surface area contributed by atoms with E-state index in [4.69, 9.17) is 9.47 Å².